The quantitative estimate of drug-likeness (QED) is 0.805. The molecule has 0 radical (unpaired) electrons. The van der Waals surface area contributed by atoms with Gasteiger partial charge in [0.25, 0.3) is 0 Å². The first-order chi connectivity index (χ1) is 7.75. The Morgan fingerprint density at radius 2 is 2.38 bits per heavy atom. The highest BCUT2D eigenvalue weighted by Crippen LogP contribution is 2.38. The SMILES string of the molecule is Clc1cc(C2=CC[C@H]3CCN[C@@H]23)cnc1Br. The minimum Gasteiger partial charge on any atom is -0.310 e. The summed E-state index contributed by atoms with van der Waals surface area (Å²) in [6.07, 6.45) is 6.68. The number of rotatable bonds is 1. The molecule has 0 aromatic carbocycles. The molecule has 1 aromatic heterocycles. The van der Waals surface area contributed by atoms with Crippen molar-refractivity contribution in [1.29, 1.82) is 0 Å². The summed E-state index contributed by atoms with van der Waals surface area (Å²) in [5.74, 6) is 0.775. The summed E-state index contributed by atoms with van der Waals surface area (Å²) in [6.45, 7) is 1.13. The van der Waals surface area contributed by atoms with Crippen molar-refractivity contribution < 1.29 is 0 Å². The van der Waals surface area contributed by atoms with E-state index in [0.717, 1.165) is 18.0 Å². The molecule has 2 atom stereocenters. The summed E-state index contributed by atoms with van der Waals surface area (Å²) in [7, 11) is 0. The van der Waals surface area contributed by atoms with Crippen molar-refractivity contribution >= 4 is 33.1 Å². The number of aromatic nitrogens is 1. The van der Waals surface area contributed by atoms with Crippen LogP contribution in [0.1, 0.15) is 18.4 Å². The molecule has 1 N–H and O–H groups in total. The normalized spacial score (nSPS) is 28.0. The molecular weight excluding hydrogens is 288 g/mol. The van der Waals surface area contributed by atoms with Gasteiger partial charge in [-0.25, -0.2) is 4.98 Å². The maximum Gasteiger partial charge on any atom is 0.124 e. The van der Waals surface area contributed by atoms with Crippen LogP contribution >= 0.6 is 27.5 Å². The first-order valence-electron chi connectivity index (χ1n) is 5.50. The van der Waals surface area contributed by atoms with Crippen LogP contribution in [-0.2, 0) is 0 Å². The minimum atomic E-state index is 0.513. The second-order valence-corrected chi connectivity index (χ2v) is 5.53. The smallest absolute Gasteiger partial charge is 0.124 e. The molecule has 1 aliphatic carbocycles. The Bertz CT molecular complexity index is 458. The van der Waals surface area contributed by atoms with E-state index in [-0.39, 0.29) is 0 Å². The zero-order valence-corrected chi connectivity index (χ0v) is 11.1. The Labute approximate surface area is 108 Å². The van der Waals surface area contributed by atoms with Crippen molar-refractivity contribution in [2.24, 2.45) is 5.92 Å². The van der Waals surface area contributed by atoms with Gasteiger partial charge in [0.2, 0.25) is 0 Å². The summed E-state index contributed by atoms with van der Waals surface area (Å²) >= 11 is 9.39. The lowest BCUT2D eigenvalue weighted by molar-refractivity contribution is 0.557. The Balaban J connectivity index is 1.95. The number of pyridine rings is 1. The molecule has 4 heteroatoms. The number of hydrogen-bond acceptors (Lipinski definition) is 2. The molecule has 2 nitrogen and oxygen atoms in total. The van der Waals surface area contributed by atoms with Gasteiger partial charge in [0.05, 0.1) is 5.02 Å². The summed E-state index contributed by atoms with van der Waals surface area (Å²) in [5, 5.41) is 4.23. The van der Waals surface area contributed by atoms with Gasteiger partial charge in [0.1, 0.15) is 4.60 Å². The number of nitrogens with one attached hydrogen (secondary N) is 1. The Morgan fingerprint density at radius 1 is 1.50 bits per heavy atom. The standard InChI is InChI=1S/C12H12BrClN2/c13-12-10(14)5-8(6-16-12)9-2-1-7-3-4-15-11(7)9/h2,5-7,11,15H,1,3-4H2/t7-,11+/m0/s1. The van der Waals surface area contributed by atoms with Gasteiger partial charge in [-0.3, -0.25) is 0 Å². The largest absolute Gasteiger partial charge is 0.310 e. The van der Waals surface area contributed by atoms with E-state index in [1.54, 1.807) is 0 Å². The highest BCUT2D eigenvalue weighted by molar-refractivity contribution is 9.10. The van der Waals surface area contributed by atoms with Crippen LogP contribution in [0.15, 0.2) is 22.9 Å². The van der Waals surface area contributed by atoms with Crippen molar-refractivity contribution in [1.82, 2.24) is 10.3 Å². The van der Waals surface area contributed by atoms with E-state index in [1.165, 1.54) is 18.4 Å². The van der Waals surface area contributed by atoms with Gasteiger partial charge in [-0.05, 0) is 58.4 Å². The second-order valence-electron chi connectivity index (χ2n) is 4.37. The van der Waals surface area contributed by atoms with Crippen molar-refractivity contribution in [2.45, 2.75) is 18.9 Å². The summed E-state index contributed by atoms with van der Waals surface area (Å²) in [5.41, 5.74) is 2.51. The molecule has 2 aliphatic rings. The Hall–Kier alpha value is -0.380. The third-order valence-corrected chi connectivity index (χ3v) is 4.60. The van der Waals surface area contributed by atoms with Gasteiger partial charge in [-0.1, -0.05) is 17.7 Å². The first kappa shape index (κ1) is 10.8. The monoisotopic (exact) mass is 298 g/mol. The third-order valence-electron chi connectivity index (χ3n) is 3.46. The van der Waals surface area contributed by atoms with E-state index in [1.807, 2.05) is 12.3 Å². The highest BCUT2D eigenvalue weighted by Gasteiger charge is 2.34. The third kappa shape index (κ3) is 1.71. The van der Waals surface area contributed by atoms with Gasteiger partial charge >= 0.3 is 0 Å². The van der Waals surface area contributed by atoms with Gasteiger partial charge in [-0.2, -0.15) is 0 Å². The molecular formula is C12H12BrClN2. The van der Waals surface area contributed by atoms with E-state index in [4.69, 9.17) is 11.6 Å². The fourth-order valence-electron chi connectivity index (χ4n) is 2.66. The minimum absolute atomic E-state index is 0.513. The molecule has 2 heterocycles. The van der Waals surface area contributed by atoms with Crippen LogP contribution in [-0.4, -0.2) is 17.6 Å². The zero-order valence-electron chi connectivity index (χ0n) is 8.71. The molecule has 84 valence electrons. The molecule has 0 spiro atoms. The van der Waals surface area contributed by atoms with Crippen molar-refractivity contribution in [3.05, 3.63) is 33.5 Å². The predicted octanol–water partition coefficient (Wildman–Crippen LogP) is 3.26. The Morgan fingerprint density at radius 3 is 3.19 bits per heavy atom. The van der Waals surface area contributed by atoms with Crippen LogP contribution in [0.4, 0.5) is 0 Å². The first-order valence-corrected chi connectivity index (χ1v) is 6.67. The molecule has 0 saturated carbocycles. The molecule has 0 unspecified atom stereocenters. The van der Waals surface area contributed by atoms with Gasteiger partial charge < -0.3 is 5.32 Å². The maximum atomic E-state index is 6.08. The van der Waals surface area contributed by atoms with E-state index >= 15 is 0 Å². The number of nitrogens with zero attached hydrogens (tertiary/aromatic N) is 1. The van der Waals surface area contributed by atoms with Gasteiger partial charge in [0.15, 0.2) is 0 Å². The molecule has 1 saturated heterocycles. The predicted molar refractivity (Wildman–Crippen MR) is 69.4 cm³/mol. The summed E-state index contributed by atoms with van der Waals surface area (Å²) in [4.78, 5) is 4.25. The fourth-order valence-corrected chi connectivity index (χ4v) is 3.04. The topological polar surface area (TPSA) is 24.9 Å². The van der Waals surface area contributed by atoms with Crippen LogP contribution in [0.3, 0.4) is 0 Å². The van der Waals surface area contributed by atoms with Crippen molar-refractivity contribution in [3.8, 4) is 0 Å². The number of fused-ring (bicyclic) bond motifs is 1. The fraction of sp³-hybridized carbons (Fsp3) is 0.417. The van der Waals surface area contributed by atoms with Crippen LogP contribution in [0.2, 0.25) is 5.02 Å². The van der Waals surface area contributed by atoms with E-state index < -0.39 is 0 Å². The number of hydrogen-bond donors (Lipinski definition) is 1. The number of halogens is 2. The highest BCUT2D eigenvalue weighted by atomic mass is 79.9. The van der Waals surface area contributed by atoms with Crippen LogP contribution in [0.5, 0.6) is 0 Å². The maximum absolute atomic E-state index is 6.08. The van der Waals surface area contributed by atoms with E-state index in [2.05, 4.69) is 32.3 Å². The van der Waals surface area contributed by atoms with E-state index in [0.29, 0.717) is 15.7 Å². The Kier molecular flexibility index (Phi) is 2.78. The average Bonchev–Trinajstić information content (AvgIpc) is 2.83. The molecule has 16 heavy (non-hydrogen) atoms. The summed E-state index contributed by atoms with van der Waals surface area (Å²) < 4.78 is 0.715. The second kappa shape index (κ2) is 4.13. The zero-order chi connectivity index (χ0) is 11.1. The molecule has 0 amide bonds. The molecule has 1 fully saturated rings. The van der Waals surface area contributed by atoms with Crippen LogP contribution in [0, 0.1) is 5.92 Å². The molecule has 1 aromatic rings. The summed E-state index contributed by atoms with van der Waals surface area (Å²) in [6, 6.07) is 2.51. The van der Waals surface area contributed by atoms with Crippen LogP contribution < -0.4 is 5.32 Å². The molecule has 1 aliphatic heterocycles. The number of allylic oxidation sites excluding steroid dienone is 1. The van der Waals surface area contributed by atoms with Gasteiger partial charge in [-0.15, -0.1) is 0 Å². The van der Waals surface area contributed by atoms with Crippen molar-refractivity contribution in [3.63, 3.8) is 0 Å². The lowest BCUT2D eigenvalue weighted by Crippen LogP contribution is -2.24. The van der Waals surface area contributed by atoms with Gasteiger partial charge in [0, 0.05) is 12.2 Å². The average molecular weight is 300 g/mol. The van der Waals surface area contributed by atoms with E-state index in [9.17, 15) is 0 Å². The molecule has 3 rings (SSSR count). The molecule has 0 bridgehead atoms. The lowest BCUT2D eigenvalue weighted by atomic mass is 9.97. The lowest BCUT2D eigenvalue weighted by Gasteiger charge is -2.15. The van der Waals surface area contributed by atoms with Crippen LogP contribution in [0.25, 0.3) is 5.57 Å². The van der Waals surface area contributed by atoms with Crippen molar-refractivity contribution in [2.75, 3.05) is 6.54 Å².